The number of imidazole rings is 1. The minimum absolute atomic E-state index is 0.0350. The first kappa shape index (κ1) is 16.1. The maximum Gasteiger partial charge on any atom is 0.221 e. The lowest BCUT2D eigenvalue weighted by Gasteiger charge is -2.22. The Morgan fingerprint density at radius 1 is 1.28 bits per heavy atom. The van der Waals surface area contributed by atoms with Gasteiger partial charge in [-0.2, -0.15) is 0 Å². The minimum atomic E-state index is 0.0350. The zero-order valence-electron chi connectivity index (χ0n) is 14.5. The number of nitrogens with zero attached hydrogens (tertiary/aromatic N) is 3. The molecule has 1 amide bonds. The second-order valence-corrected chi connectivity index (χ2v) is 7.17. The number of carbonyl (C=O) groups excluding carboxylic acids is 1. The van der Waals surface area contributed by atoms with Gasteiger partial charge in [-0.1, -0.05) is 12.1 Å². The van der Waals surface area contributed by atoms with Gasteiger partial charge in [0, 0.05) is 42.7 Å². The third-order valence-corrected chi connectivity index (χ3v) is 5.73. The van der Waals surface area contributed by atoms with Crippen LogP contribution in [0.5, 0.6) is 0 Å². The standard InChI is InChI=1S/C19H22N4OS/c1-3-22(4-2)14-7-5-13(6-8-14)15-11-17(24)20-12-16-18(15)23-9-10-25-19(23)21-16/h5-10,15H,3-4,11-12H2,1-2H3,(H,20,24)/t15-/m1/s1. The fourth-order valence-corrected chi connectivity index (χ4v) is 4.41. The van der Waals surface area contributed by atoms with Gasteiger partial charge in [0.25, 0.3) is 0 Å². The molecule has 25 heavy (non-hydrogen) atoms. The molecule has 4 rings (SSSR count). The van der Waals surface area contributed by atoms with Crippen LogP contribution in [0.4, 0.5) is 5.69 Å². The van der Waals surface area contributed by atoms with Crippen molar-refractivity contribution in [2.75, 3.05) is 18.0 Å². The molecule has 1 aliphatic rings. The Morgan fingerprint density at radius 2 is 2.04 bits per heavy atom. The molecule has 3 heterocycles. The SMILES string of the molecule is CCN(CC)c1ccc([C@H]2CC(=O)NCc3nc4sccn4c32)cc1. The minimum Gasteiger partial charge on any atom is -0.372 e. The third kappa shape index (κ3) is 2.80. The molecular formula is C19H22N4OS. The molecule has 2 aromatic heterocycles. The maximum atomic E-state index is 12.2. The van der Waals surface area contributed by atoms with E-state index in [1.807, 2.05) is 5.38 Å². The van der Waals surface area contributed by atoms with Gasteiger partial charge in [-0.25, -0.2) is 4.98 Å². The van der Waals surface area contributed by atoms with E-state index < -0.39 is 0 Å². The first-order valence-corrected chi connectivity index (χ1v) is 9.65. The van der Waals surface area contributed by atoms with Gasteiger partial charge in [0.15, 0.2) is 4.96 Å². The van der Waals surface area contributed by atoms with Crippen molar-refractivity contribution in [3.05, 3.63) is 52.8 Å². The Labute approximate surface area is 151 Å². The summed E-state index contributed by atoms with van der Waals surface area (Å²) < 4.78 is 2.14. The highest BCUT2D eigenvalue weighted by Crippen LogP contribution is 2.34. The number of fused-ring (bicyclic) bond motifs is 3. The van der Waals surface area contributed by atoms with Crippen LogP contribution in [0.25, 0.3) is 4.96 Å². The molecular weight excluding hydrogens is 332 g/mol. The van der Waals surface area contributed by atoms with E-state index in [1.165, 1.54) is 11.3 Å². The number of hydrogen-bond acceptors (Lipinski definition) is 4. The summed E-state index contributed by atoms with van der Waals surface area (Å²) in [6.07, 6.45) is 2.51. The third-order valence-electron chi connectivity index (χ3n) is 4.97. The lowest BCUT2D eigenvalue weighted by Crippen LogP contribution is -2.22. The molecule has 0 unspecified atom stereocenters. The van der Waals surface area contributed by atoms with E-state index in [1.54, 1.807) is 11.3 Å². The van der Waals surface area contributed by atoms with Crippen molar-refractivity contribution in [1.82, 2.24) is 14.7 Å². The molecule has 1 aromatic carbocycles. The maximum absolute atomic E-state index is 12.2. The average Bonchev–Trinajstić information content (AvgIpc) is 3.16. The Hall–Kier alpha value is -2.34. The number of hydrogen-bond donors (Lipinski definition) is 1. The fraction of sp³-hybridized carbons (Fsp3) is 0.368. The van der Waals surface area contributed by atoms with Gasteiger partial charge >= 0.3 is 0 Å². The van der Waals surface area contributed by atoms with Crippen LogP contribution in [0.15, 0.2) is 35.8 Å². The molecule has 1 aliphatic heterocycles. The summed E-state index contributed by atoms with van der Waals surface area (Å²) >= 11 is 1.63. The van der Waals surface area contributed by atoms with E-state index in [9.17, 15) is 4.79 Å². The Bertz CT molecular complexity index is 892. The molecule has 0 bridgehead atoms. The van der Waals surface area contributed by atoms with Crippen molar-refractivity contribution in [1.29, 1.82) is 0 Å². The molecule has 1 atom stereocenters. The molecule has 0 fully saturated rings. The number of carbonyl (C=O) groups is 1. The summed E-state index contributed by atoms with van der Waals surface area (Å²) in [4.78, 5) is 20.3. The molecule has 5 nitrogen and oxygen atoms in total. The zero-order valence-corrected chi connectivity index (χ0v) is 15.3. The monoisotopic (exact) mass is 354 g/mol. The number of amides is 1. The van der Waals surface area contributed by atoms with Crippen LogP contribution in [0.3, 0.4) is 0 Å². The zero-order chi connectivity index (χ0) is 17.4. The van der Waals surface area contributed by atoms with Crippen LogP contribution in [-0.4, -0.2) is 28.4 Å². The fourth-order valence-electron chi connectivity index (χ4n) is 3.67. The normalized spacial score (nSPS) is 17.2. The topological polar surface area (TPSA) is 49.6 Å². The summed E-state index contributed by atoms with van der Waals surface area (Å²) in [6, 6.07) is 8.65. The van der Waals surface area contributed by atoms with E-state index in [2.05, 4.69) is 58.9 Å². The van der Waals surface area contributed by atoms with Crippen LogP contribution < -0.4 is 10.2 Å². The molecule has 0 saturated carbocycles. The van der Waals surface area contributed by atoms with Crippen LogP contribution >= 0.6 is 11.3 Å². The molecule has 130 valence electrons. The number of benzene rings is 1. The quantitative estimate of drug-likeness (QED) is 0.781. The lowest BCUT2D eigenvalue weighted by atomic mass is 9.91. The predicted molar refractivity (Wildman–Crippen MR) is 101 cm³/mol. The highest BCUT2D eigenvalue weighted by molar-refractivity contribution is 7.15. The highest BCUT2D eigenvalue weighted by atomic mass is 32.1. The number of rotatable bonds is 4. The number of aromatic nitrogens is 2. The molecule has 3 aromatic rings. The molecule has 0 radical (unpaired) electrons. The van der Waals surface area contributed by atoms with E-state index in [0.717, 1.165) is 29.4 Å². The van der Waals surface area contributed by atoms with E-state index in [4.69, 9.17) is 4.98 Å². The second-order valence-electron chi connectivity index (χ2n) is 6.30. The average molecular weight is 354 g/mol. The van der Waals surface area contributed by atoms with Crippen molar-refractivity contribution in [2.45, 2.75) is 32.7 Å². The summed E-state index contributed by atoms with van der Waals surface area (Å²) in [6.45, 7) is 6.82. The molecule has 1 N–H and O–H groups in total. The van der Waals surface area contributed by atoms with Crippen molar-refractivity contribution in [2.24, 2.45) is 0 Å². The molecule has 0 saturated heterocycles. The van der Waals surface area contributed by atoms with Gasteiger partial charge in [-0.15, -0.1) is 11.3 Å². The van der Waals surface area contributed by atoms with Crippen LogP contribution in [0.1, 0.15) is 43.1 Å². The van der Waals surface area contributed by atoms with Crippen molar-refractivity contribution >= 4 is 27.9 Å². The van der Waals surface area contributed by atoms with Gasteiger partial charge in [-0.3, -0.25) is 9.20 Å². The van der Waals surface area contributed by atoms with E-state index in [-0.39, 0.29) is 11.8 Å². The smallest absolute Gasteiger partial charge is 0.221 e. The van der Waals surface area contributed by atoms with Gasteiger partial charge < -0.3 is 10.2 Å². The van der Waals surface area contributed by atoms with Gasteiger partial charge in [0.05, 0.1) is 17.9 Å². The van der Waals surface area contributed by atoms with Crippen LogP contribution in [0.2, 0.25) is 0 Å². The summed E-state index contributed by atoms with van der Waals surface area (Å²) in [7, 11) is 0. The molecule has 6 heteroatoms. The predicted octanol–water partition coefficient (Wildman–Crippen LogP) is 3.39. The van der Waals surface area contributed by atoms with Crippen molar-refractivity contribution < 1.29 is 4.79 Å². The Balaban J connectivity index is 1.77. The lowest BCUT2D eigenvalue weighted by molar-refractivity contribution is -0.121. The second kappa shape index (κ2) is 6.52. The first-order valence-electron chi connectivity index (χ1n) is 8.77. The Kier molecular flexibility index (Phi) is 4.21. The first-order chi connectivity index (χ1) is 12.2. The summed E-state index contributed by atoms with van der Waals surface area (Å²) in [5.41, 5.74) is 4.52. The van der Waals surface area contributed by atoms with Crippen LogP contribution in [-0.2, 0) is 11.3 Å². The highest BCUT2D eigenvalue weighted by Gasteiger charge is 2.29. The molecule has 0 aliphatic carbocycles. The Morgan fingerprint density at radius 3 is 2.76 bits per heavy atom. The van der Waals surface area contributed by atoms with E-state index in [0.29, 0.717) is 13.0 Å². The van der Waals surface area contributed by atoms with E-state index >= 15 is 0 Å². The summed E-state index contributed by atoms with van der Waals surface area (Å²) in [5.74, 6) is 0.118. The number of nitrogens with one attached hydrogen (secondary N) is 1. The van der Waals surface area contributed by atoms with Gasteiger partial charge in [0.1, 0.15) is 0 Å². The number of anilines is 1. The van der Waals surface area contributed by atoms with Crippen molar-refractivity contribution in [3.63, 3.8) is 0 Å². The number of thiazole rings is 1. The molecule has 0 spiro atoms. The van der Waals surface area contributed by atoms with Gasteiger partial charge in [0.2, 0.25) is 5.91 Å². The van der Waals surface area contributed by atoms with Gasteiger partial charge in [-0.05, 0) is 31.5 Å². The van der Waals surface area contributed by atoms with Crippen molar-refractivity contribution in [3.8, 4) is 0 Å². The largest absolute Gasteiger partial charge is 0.372 e. The van der Waals surface area contributed by atoms with Crippen LogP contribution in [0, 0.1) is 0 Å². The summed E-state index contributed by atoms with van der Waals surface area (Å²) in [5, 5.41) is 5.03.